The Bertz CT molecular complexity index is 581. The lowest BCUT2D eigenvalue weighted by molar-refractivity contribution is 0.416. The van der Waals surface area contributed by atoms with E-state index in [2.05, 4.69) is 9.97 Å². The number of benzene rings is 1. The fourth-order valence-electron chi connectivity index (χ4n) is 1.58. The molecule has 0 aliphatic heterocycles. The van der Waals surface area contributed by atoms with Gasteiger partial charge in [-0.3, -0.25) is 0 Å². The maximum Gasteiger partial charge on any atom is 0.186 e. The van der Waals surface area contributed by atoms with E-state index in [1.807, 2.05) is 0 Å². The number of aromatic nitrogens is 2. The predicted octanol–water partition coefficient (Wildman–Crippen LogP) is 2.84. The third kappa shape index (κ3) is 2.09. The Morgan fingerprint density at radius 3 is 2.67 bits per heavy atom. The largest absolute Gasteiger partial charge is 0.496 e. The van der Waals surface area contributed by atoms with Crippen molar-refractivity contribution in [1.29, 1.82) is 0 Å². The molecule has 0 radical (unpaired) electrons. The molecule has 18 heavy (non-hydrogen) atoms. The maximum atomic E-state index is 13.4. The van der Waals surface area contributed by atoms with Crippen molar-refractivity contribution >= 4 is 17.4 Å². The van der Waals surface area contributed by atoms with Gasteiger partial charge in [0.15, 0.2) is 17.5 Å². The molecule has 0 amide bonds. The predicted molar refractivity (Wildman–Crippen MR) is 68.1 cm³/mol. The van der Waals surface area contributed by atoms with Crippen LogP contribution in [0.5, 0.6) is 5.75 Å². The minimum atomic E-state index is -0.621. The number of anilines is 1. The van der Waals surface area contributed by atoms with Crippen molar-refractivity contribution < 1.29 is 9.13 Å². The van der Waals surface area contributed by atoms with E-state index >= 15 is 0 Å². The lowest BCUT2D eigenvalue weighted by Gasteiger charge is -2.10. The van der Waals surface area contributed by atoms with Crippen molar-refractivity contribution in [3.05, 3.63) is 34.7 Å². The Kier molecular flexibility index (Phi) is 3.34. The molecule has 6 heteroatoms. The van der Waals surface area contributed by atoms with Crippen LogP contribution in [-0.2, 0) is 0 Å². The summed E-state index contributed by atoms with van der Waals surface area (Å²) in [6.45, 7) is 1.51. The number of nitrogen functional groups attached to an aromatic ring is 1. The Labute approximate surface area is 109 Å². The lowest BCUT2D eigenvalue weighted by Crippen LogP contribution is -2.04. The number of halogens is 2. The highest BCUT2D eigenvalue weighted by Gasteiger charge is 2.16. The summed E-state index contributed by atoms with van der Waals surface area (Å²) < 4.78 is 18.6. The van der Waals surface area contributed by atoms with Gasteiger partial charge in [-0.2, -0.15) is 0 Å². The summed E-state index contributed by atoms with van der Waals surface area (Å²) in [5, 5.41) is 0.416. The zero-order chi connectivity index (χ0) is 13.3. The molecule has 0 bridgehead atoms. The fourth-order valence-corrected chi connectivity index (χ4v) is 1.84. The van der Waals surface area contributed by atoms with Crippen LogP contribution in [0.4, 0.5) is 10.2 Å². The lowest BCUT2D eigenvalue weighted by atomic mass is 10.2. The minimum absolute atomic E-state index is 0.166. The van der Waals surface area contributed by atoms with Gasteiger partial charge in [0, 0.05) is 0 Å². The highest BCUT2D eigenvalue weighted by molar-refractivity contribution is 6.33. The van der Waals surface area contributed by atoms with E-state index in [1.165, 1.54) is 14.0 Å². The van der Waals surface area contributed by atoms with Crippen LogP contribution in [0.1, 0.15) is 5.69 Å². The van der Waals surface area contributed by atoms with E-state index in [0.29, 0.717) is 16.3 Å². The van der Waals surface area contributed by atoms with E-state index in [-0.39, 0.29) is 17.3 Å². The number of aryl methyl sites for hydroxylation is 1. The highest BCUT2D eigenvalue weighted by Crippen LogP contribution is 2.34. The normalized spacial score (nSPS) is 10.4. The Morgan fingerprint density at radius 2 is 2.06 bits per heavy atom. The SMILES string of the molecule is COc1cccc(Cl)c1-c1nc(C)c(F)c(N)n1. The first-order valence-electron chi connectivity index (χ1n) is 5.17. The Balaban J connectivity index is 2.69. The van der Waals surface area contributed by atoms with E-state index in [9.17, 15) is 4.39 Å². The quantitative estimate of drug-likeness (QED) is 0.909. The summed E-state index contributed by atoms with van der Waals surface area (Å²) in [6.07, 6.45) is 0. The average molecular weight is 268 g/mol. The molecule has 0 unspecified atom stereocenters. The molecule has 94 valence electrons. The van der Waals surface area contributed by atoms with E-state index in [4.69, 9.17) is 22.1 Å². The van der Waals surface area contributed by atoms with Crippen molar-refractivity contribution in [2.75, 3.05) is 12.8 Å². The third-order valence-corrected chi connectivity index (χ3v) is 2.78. The molecule has 2 aromatic rings. The van der Waals surface area contributed by atoms with E-state index in [1.54, 1.807) is 18.2 Å². The minimum Gasteiger partial charge on any atom is -0.496 e. The smallest absolute Gasteiger partial charge is 0.186 e. The molecule has 0 aliphatic carbocycles. The summed E-state index contributed by atoms with van der Waals surface area (Å²) >= 11 is 6.09. The van der Waals surface area contributed by atoms with Crippen molar-refractivity contribution in [3.8, 4) is 17.1 Å². The first-order valence-corrected chi connectivity index (χ1v) is 5.55. The summed E-state index contributed by atoms with van der Waals surface area (Å²) in [4.78, 5) is 7.94. The first-order chi connectivity index (χ1) is 8.54. The molecule has 4 nitrogen and oxygen atoms in total. The number of hydrogen-bond donors (Lipinski definition) is 1. The number of nitrogens with two attached hydrogens (primary N) is 1. The van der Waals surface area contributed by atoms with Crippen molar-refractivity contribution in [1.82, 2.24) is 9.97 Å². The Morgan fingerprint density at radius 1 is 1.33 bits per heavy atom. The van der Waals surface area contributed by atoms with Crippen molar-refractivity contribution in [3.63, 3.8) is 0 Å². The molecule has 0 saturated carbocycles. The van der Waals surface area contributed by atoms with Gasteiger partial charge in [0.05, 0.1) is 23.4 Å². The second-order valence-corrected chi connectivity index (χ2v) is 4.06. The van der Waals surface area contributed by atoms with Gasteiger partial charge in [0.2, 0.25) is 0 Å². The Hall–Kier alpha value is -1.88. The standard InChI is InChI=1S/C12H11ClFN3O/c1-6-10(14)11(15)17-12(16-6)9-7(13)4-3-5-8(9)18-2/h3-5H,1-2H3,(H2,15,16,17). The second-order valence-electron chi connectivity index (χ2n) is 3.65. The first kappa shape index (κ1) is 12.6. The van der Waals surface area contributed by atoms with Crippen LogP contribution in [-0.4, -0.2) is 17.1 Å². The maximum absolute atomic E-state index is 13.4. The molecule has 0 aliphatic rings. The summed E-state index contributed by atoms with van der Waals surface area (Å²) in [7, 11) is 1.51. The van der Waals surface area contributed by atoms with Gasteiger partial charge in [-0.25, -0.2) is 14.4 Å². The fraction of sp³-hybridized carbons (Fsp3) is 0.167. The molecule has 2 rings (SSSR count). The van der Waals surface area contributed by atoms with Gasteiger partial charge < -0.3 is 10.5 Å². The zero-order valence-corrected chi connectivity index (χ0v) is 10.6. The van der Waals surface area contributed by atoms with Gasteiger partial charge in [-0.1, -0.05) is 17.7 Å². The molecule has 1 aromatic heterocycles. The molecule has 0 atom stereocenters. The molecule has 0 spiro atoms. The van der Waals surface area contributed by atoms with E-state index < -0.39 is 5.82 Å². The average Bonchev–Trinajstić information content (AvgIpc) is 2.35. The van der Waals surface area contributed by atoms with Crippen LogP contribution >= 0.6 is 11.6 Å². The van der Waals surface area contributed by atoms with Crippen molar-refractivity contribution in [2.45, 2.75) is 6.92 Å². The number of rotatable bonds is 2. The van der Waals surface area contributed by atoms with Gasteiger partial charge >= 0.3 is 0 Å². The van der Waals surface area contributed by atoms with Crippen LogP contribution in [0.2, 0.25) is 5.02 Å². The van der Waals surface area contributed by atoms with Gasteiger partial charge in [-0.15, -0.1) is 0 Å². The zero-order valence-electron chi connectivity index (χ0n) is 9.87. The molecule has 1 aromatic carbocycles. The van der Waals surface area contributed by atoms with Crippen LogP contribution in [0.3, 0.4) is 0 Å². The van der Waals surface area contributed by atoms with Crippen LogP contribution in [0.25, 0.3) is 11.4 Å². The number of methoxy groups -OCH3 is 1. The van der Waals surface area contributed by atoms with Gasteiger partial charge in [0.1, 0.15) is 5.75 Å². The van der Waals surface area contributed by atoms with Crippen LogP contribution < -0.4 is 10.5 Å². The molecule has 0 fully saturated rings. The van der Waals surface area contributed by atoms with Gasteiger partial charge in [0.25, 0.3) is 0 Å². The molecular formula is C12H11ClFN3O. The van der Waals surface area contributed by atoms with Crippen LogP contribution in [0.15, 0.2) is 18.2 Å². The highest BCUT2D eigenvalue weighted by atomic mass is 35.5. The monoisotopic (exact) mass is 267 g/mol. The summed E-state index contributed by atoms with van der Waals surface area (Å²) in [5.41, 5.74) is 6.15. The molecule has 1 heterocycles. The third-order valence-electron chi connectivity index (χ3n) is 2.46. The number of nitrogens with zero attached hydrogens (tertiary/aromatic N) is 2. The van der Waals surface area contributed by atoms with E-state index in [0.717, 1.165) is 0 Å². The topological polar surface area (TPSA) is 61.0 Å². The molecule has 2 N–H and O–H groups in total. The molecular weight excluding hydrogens is 257 g/mol. The van der Waals surface area contributed by atoms with Gasteiger partial charge in [-0.05, 0) is 19.1 Å². The second kappa shape index (κ2) is 4.78. The molecule has 0 saturated heterocycles. The van der Waals surface area contributed by atoms with Crippen molar-refractivity contribution in [2.24, 2.45) is 0 Å². The summed E-state index contributed by atoms with van der Waals surface area (Å²) in [6, 6.07) is 5.14. The summed E-state index contributed by atoms with van der Waals surface area (Å²) in [5.74, 6) is -0.0778. The number of hydrogen-bond acceptors (Lipinski definition) is 4. The van der Waals surface area contributed by atoms with Crippen LogP contribution in [0, 0.1) is 12.7 Å². The number of ether oxygens (including phenoxy) is 1.